The van der Waals surface area contributed by atoms with Crippen LogP contribution in [-0.2, 0) is 4.74 Å². The van der Waals surface area contributed by atoms with E-state index < -0.39 is 0 Å². The fourth-order valence-corrected chi connectivity index (χ4v) is 1.62. The molecule has 1 aromatic rings. The van der Waals surface area contributed by atoms with Crippen LogP contribution in [0.4, 0.5) is 5.69 Å². The monoisotopic (exact) mass is 264 g/mol. The third-order valence-electron chi connectivity index (χ3n) is 2.37. The number of esters is 1. The lowest BCUT2D eigenvalue weighted by atomic mass is 10.1. The number of para-hydroxylation sites is 1. The van der Waals surface area contributed by atoms with E-state index in [4.69, 9.17) is 17.0 Å². The van der Waals surface area contributed by atoms with Gasteiger partial charge in [0, 0.05) is 13.6 Å². The Morgan fingerprint density at radius 3 is 2.83 bits per heavy atom. The highest BCUT2D eigenvalue weighted by atomic mass is 32.1. The van der Waals surface area contributed by atoms with Crippen LogP contribution in [0.25, 0.3) is 0 Å². The van der Waals surface area contributed by atoms with Crippen LogP contribution in [0.15, 0.2) is 36.9 Å². The number of thiocarbonyl (C=S) groups is 1. The van der Waals surface area contributed by atoms with E-state index in [0.717, 1.165) is 0 Å². The molecule has 0 heterocycles. The normalized spacial score (nSPS) is 9.44. The summed E-state index contributed by atoms with van der Waals surface area (Å²) in [5.74, 6) is -0.385. The number of anilines is 1. The molecule has 1 aromatic carbocycles. The van der Waals surface area contributed by atoms with E-state index in [-0.39, 0.29) is 5.97 Å². The molecule has 4 nitrogen and oxygen atoms in total. The highest BCUT2D eigenvalue weighted by Crippen LogP contribution is 2.20. The van der Waals surface area contributed by atoms with Gasteiger partial charge >= 0.3 is 5.97 Å². The van der Waals surface area contributed by atoms with Crippen LogP contribution in [0, 0.1) is 0 Å². The van der Waals surface area contributed by atoms with Gasteiger partial charge in [0.1, 0.15) is 0 Å². The molecule has 0 aliphatic carbocycles. The predicted octanol–water partition coefficient (Wildman–Crippen LogP) is 1.97. The van der Waals surface area contributed by atoms with Gasteiger partial charge in [-0.25, -0.2) is 4.79 Å². The minimum Gasteiger partial charge on any atom is -0.465 e. The van der Waals surface area contributed by atoms with Gasteiger partial charge in [-0.2, -0.15) is 0 Å². The molecule has 1 N–H and O–H groups in total. The summed E-state index contributed by atoms with van der Waals surface area (Å²) in [5, 5.41) is 3.52. The van der Waals surface area contributed by atoms with Crippen molar-refractivity contribution in [1.29, 1.82) is 0 Å². The number of nitrogens with zero attached hydrogens (tertiary/aromatic N) is 1. The van der Waals surface area contributed by atoms with Crippen molar-refractivity contribution in [3.05, 3.63) is 42.5 Å². The Morgan fingerprint density at radius 1 is 1.56 bits per heavy atom. The molecule has 0 bridgehead atoms. The van der Waals surface area contributed by atoms with Crippen LogP contribution in [0.1, 0.15) is 10.4 Å². The summed E-state index contributed by atoms with van der Waals surface area (Å²) in [6.45, 7) is 4.18. The van der Waals surface area contributed by atoms with Crippen molar-refractivity contribution in [3.8, 4) is 0 Å². The fourth-order valence-electron chi connectivity index (χ4n) is 1.44. The first-order chi connectivity index (χ1) is 8.61. The second-order valence-corrected chi connectivity index (χ2v) is 3.93. The predicted molar refractivity (Wildman–Crippen MR) is 77.0 cm³/mol. The lowest BCUT2D eigenvalue weighted by Crippen LogP contribution is -2.37. The van der Waals surface area contributed by atoms with Crippen molar-refractivity contribution in [1.82, 2.24) is 5.32 Å². The second kappa shape index (κ2) is 6.76. The molecule has 96 valence electrons. The van der Waals surface area contributed by atoms with Gasteiger partial charge in [-0.3, -0.25) is 0 Å². The summed E-state index contributed by atoms with van der Waals surface area (Å²) in [6.07, 6.45) is 1.71. The molecule has 0 aliphatic heterocycles. The van der Waals surface area contributed by atoms with Crippen molar-refractivity contribution < 1.29 is 9.53 Å². The third-order valence-corrected chi connectivity index (χ3v) is 2.79. The number of carbonyl (C=O) groups excluding carboxylic acids is 1. The quantitative estimate of drug-likeness (QED) is 0.511. The first kappa shape index (κ1) is 14.2. The molecule has 0 atom stereocenters. The number of hydrogen-bond acceptors (Lipinski definition) is 3. The molecule has 0 spiro atoms. The molecule has 0 fully saturated rings. The van der Waals surface area contributed by atoms with E-state index in [1.165, 1.54) is 7.11 Å². The molecule has 0 amide bonds. The third kappa shape index (κ3) is 3.30. The minimum atomic E-state index is -0.385. The summed E-state index contributed by atoms with van der Waals surface area (Å²) in [4.78, 5) is 13.4. The summed E-state index contributed by atoms with van der Waals surface area (Å²) < 4.78 is 4.74. The fraction of sp³-hybridized carbons (Fsp3) is 0.231. The van der Waals surface area contributed by atoms with Crippen LogP contribution in [0.2, 0.25) is 0 Å². The lowest BCUT2D eigenvalue weighted by Gasteiger charge is -2.22. The Morgan fingerprint density at radius 2 is 2.22 bits per heavy atom. The van der Waals surface area contributed by atoms with Crippen LogP contribution in [0.5, 0.6) is 0 Å². The summed E-state index contributed by atoms with van der Waals surface area (Å²) in [7, 11) is 3.15. The van der Waals surface area contributed by atoms with Gasteiger partial charge in [-0.1, -0.05) is 18.2 Å². The summed E-state index contributed by atoms with van der Waals surface area (Å²) in [5.41, 5.74) is 1.18. The first-order valence-corrected chi connectivity index (χ1v) is 5.82. The number of nitrogens with one attached hydrogen (secondary N) is 1. The van der Waals surface area contributed by atoms with Crippen LogP contribution in [-0.4, -0.2) is 31.8 Å². The number of ether oxygens (including phenoxy) is 1. The van der Waals surface area contributed by atoms with Gasteiger partial charge in [-0.05, 0) is 24.4 Å². The van der Waals surface area contributed by atoms with E-state index in [9.17, 15) is 4.79 Å². The molecule has 0 saturated heterocycles. The Hall–Kier alpha value is -1.88. The lowest BCUT2D eigenvalue weighted by molar-refractivity contribution is 0.0601. The number of carbonyl (C=O) groups is 1. The molecule has 5 heteroatoms. The topological polar surface area (TPSA) is 41.6 Å². The average molecular weight is 264 g/mol. The minimum absolute atomic E-state index is 0.385. The largest absolute Gasteiger partial charge is 0.465 e. The zero-order valence-electron chi connectivity index (χ0n) is 10.5. The molecular formula is C13H16N2O2S. The van der Waals surface area contributed by atoms with Gasteiger partial charge in [-0.15, -0.1) is 6.58 Å². The van der Waals surface area contributed by atoms with Gasteiger partial charge in [0.25, 0.3) is 0 Å². The Kier molecular flexibility index (Phi) is 5.32. The van der Waals surface area contributed by atoms with Crippen molar-refractivity contribution in [2.24, 2.45) is 0 Å². The van der Waals surface area contributed by atoms with Gasteiger partial charge in [0.2, 0.25) is 0 Å². The summed E-state index contributed by atoms with van der Waals surface area (Å²) >= 11 is 5.22. The van der Waals surface area contributed by atoms with Gasteiger partial charge < -0.3 is 15.0 Å². The number of methoxy groups -OCH3 is 1. The smallest absolute Gasteiger partial charge is 0.339 e. The standard InChI is InChI=1S/C13H16N2O2S/c1-4-9-14-13(18)15(2)11-8-6-5-7-10(11)12(16)17-3/h4-8H,1,9H2,2-3H3,(H,14,18). The SMILES string of the molecule is C=CCNC(=S)N(C)c1ccccc1C(=O)OC. The molecule has 1 rings (SSSR count). The maximum absolute atomic E-state index is 11.6. The maximum atomic E-state index is 11.6. The molecular weight excluding hydrogens is 248 g/mol. The van der Waals surface area contributed by atoms with Crippen LogP contribution in [0.3, 0.4) is 0 Å². The molecule has 0 radical (unpaired) electrons. The van der Waals surface area contributed by atoms with Crippen molar-refractivity contribution in [2.75, 3.05) is 25.6 Å². The molecule has 0 saturated carbocycles. The van der Waals surface area contributed by atoms with Crippen LogP contribution < -0.4 is 10.2 Å². The molecule has 18 heavy (non-hydrogen) atoms. The van der Waals surface area contributed by atoms with Crippen LogP contribution >= 0.6 is 12.2 Å². The van der Waals surface area contributed by atoms with E-state index in [1.54, 1.807) is 30.2 Å². The number of hydrogen-bond donors (Lipinski definition) is 1. The first-order valence-electron chi connectivity index (χ1n) is 5.41. The molecule has 0 aromatic heterocycles. The molecule has 0 aliphatic rings. The van der Waals surface area contributed by atoms with E-state index >= 15 is 0 Å². The van der Waals surface area contributed by atoms with E-state index in [1.807, 2.05) is 12.1 Å². The Balaban J connectivity index is 2.97. The van der Waals surface area contributed by atoms with E-state index in [0.29, 0.717) is 22.9 Å². The highest BCUT2D eigenvalue weighted by Gasteiger charge is 2.16. The Bertz CT molecular complexity index is 460. The number of benzene rings is 1. The maximum Gasteiger partial charge on any atom is 0.339 e. The number of rotatable bonds is 4. The van der Waals surface area contributed by atoms with Gasteiger partial charge in [0.15, 0.2) is 5.11 Å². The van der Waals surface area contributed by atoms with Crippen molar-refractivity contribution in [2.45, 2.75) is 0 Å². The van der Waals surface area contributed by atoms with Gasteiger partial charge in [0.05, 0.1) is 18.4 Å². The van der Waals surface area contributed by atoms with E-state index in [2.05, 4.69) is 11.9 Å². The summed E-state index contributed by atoms with van der Waals surface area (Å²) in [6, 6.07) is 7.14. The molecule has 0 unspecified atom stereocenters. The average Bonchev–Trinajstić information content (AvgIpc) is 2.43. The van der Waals surface area contributed by atoms with Crippen molar-refractivity contribution in [3.63, 3.8) is 0 Å². The highest BCUT2D eigenvalue weighted by molar-refractivity contribution is 7.80. The van der Waals surface area contributed by atoms with Crippen molar-refractivity contribution >= 4 is 29.0 Å². The second-order valence-electron chi connectivity index (χ2n) is 3.54. The zero-order valence-corrected chi connectivity index (χ0v) is 11.3. The zero-order chi connectivity index (χ0) is 13.5. The Labute approximate surface area is 112 Å².